The van der Waals surface area contributed by atoms with Crippen molar-refractivity contribution in [2.45, 2.75) is 167 Å². The molecule has 0 spiro atoms. The van der Waals surface area contributed by atoms with Gasteiger partial charge in [-0.05, 0) is 88.4 Å². The number of aromatic nitrogens is 1. The Labute approximate surface area is 373 Å². The van der Waals surface area contributed by atoms with E-state index in [1.54, 1.807) is 6.20 Å². The number of hydrogen-bond donors (Lipinski definition) is 11. The zero-order valence-corrected chi connectivity index (χ0v) is 38.0. The van der Waals surface area contributed by atoms with Crippen LogP contribution in [0.1, 0.15) is 135 Å². The molecule has 16 N–H and O–H groups in total. The van der Waals surface area contributed by atoms with Gasteiger partial charge in [-0.15, -0.1) is 0 Å². The van der Waals surface area contributed by atoms with E-state index in [0.29, 0.717) is 58.0 Å². The Morgan fingerprint density at radius 1 is 0.635 bits per heavy atom. The first-order valence-corrected chi connectivity index (χ1v) is 23.1. The maximum atomic E-state index is 14.3. The molecule has 0 fully saturated rings. The maximum Gasteiger partial charge on any atom is 0.243 e. The lowest BCUT2D eigenvalue weighted by Crippen LogP contribution is -2.60. The molecule has 354 valence electrons. The summed E-state index contributed by atoms with van der Waals surface area (Å²) in [4.78, 5) is 89.1. The van der Waals surface area contributed by atoms with Crippen LogP contribution in [0, 0.1) is 5.92 Å². The zero-order chi connectivity index (χ0) is 46.6. The topological polar surface area (TPSA) is 321 Å². The quantitative estimate of drug-likeness (QED) is 0.0276. The van der Waals surface area contributed by atoms with Gasteiger partial charge in [0.05, 0.1) is 0 Å². The molecule has 18 nitrogen and oxygen atoms in total. The Morgan fingerprint density at radius 3 is 1.83 bits per heavy atom. The molecular weight excluding hydrogens is 805 g/mol. The second-order valence-corrected chi connectivity index (χ2v) is 16.5. The summed E-state index contributed by atoms with van der Waals surface area (Å²) in [6, 6.07) is 2.19. The molecular formula is C45H78N12O6. The van der Waals surface area contributed by atoms with Crippen molar-refractivity contribution in [3.8, 4) is 0 Å². The van der Waals surface area contributed by atoms with E-state index in [0.717, 1.165) is 42.1 Å². The number of nitrogens with two attached hydrogens (primary N) is 5. The van der Waals surface area contributed by atoms with E-state index in [-0.39, 0.29) is 56.4 Å². The standard InChI is InChI=1S/C45H78N12O6/c1-4-6-7-8-9-10-11-24-38(58)53-35(23-18-27-51-45(49)50)42(61)57-39(30(3)5-2)44(63)55-36(22-15-17-26-47)41(60)56-37(28-31-29-52-33-20-13-12-19-32(31)33)43(62)54-34(40(48)59)21-14-16-25-46/h12-13,19-20,29-30,34-37,39,52H,4-11,14-18,21-28,46-47H2,1-3H3,(H2,48,59)(H,53,58)(H,54,62)(H,55,63)(H,56,60)(H,57,61)(H4,49,50,51)/t30-,34-,35-,36-,37-,39-/m0/s1. The Bertz CT molecular complexity index is 1730. The van der Waals surface area contributed by atoms with Crippen LogP contribution in [0.15, 0.2) is 35.5 Å². The van der Waals surface area contributed by atoms with Crippen molar-refractivity contribution >= 4 is 52.3 Å². The number of carbonyl (C=O) groups is 6. The summed E-state index contributed by atoms with van der Waals surface area (Å²) in [5.74, 6) is -3.87. The SMILES string of the molecule is CCCCCCCCCC(=O)N[C@@H](CCCN=C(N)N)C(=O)N[C@H](C(=O)N[C@@H](CCCCN)C(=O)N[C@@H](Cc1c[nH]c2ccccc12)C(=O)N[C@@H](CCCCN)C(N)=O)[C@@H](C)CC. The van der Waals surface area contributed by atoms with E-state index in [1.165, 1.54) is 12.8 Å². The van der Waals surface area contributed by atoms with E-state index < -0.39 is 59.7 Å². The molecule has 2 aromatic rings. The van der Waals surface area contributed by atoms with Gasteiger partial charge in [-0.3, -0.25) is 33.8 Å². The summed E-state index contributed by atoms with van der Waals surface area (Å²) >= 11 is 0. The third-order valence-electron chi connectivity index (χ3n) is 11.3. The average Bonchev–Trinajstić information content (AvgIpc) is 3.67. The lowest BCUT2D eigenvalue weighted by molar-refractivity contribution is -0.136. The van der Waals surface area contributed by atoms with Gasteiger partial charge in [0.1, 0.15) is 30.2 Å². The Morgan fingerprint density at radius 2 is 1.19 bits per heavy atom. The van der Waals surface area contributed by atoms with Gasteiger partial charge in [-0.25, -0.2) is 0 Å². The number of nitrogens with zero attached hydrogens (tertiary/aromatic N) is 1. The summed E-state index contributed by atoms with van der Waals surface area (Å²) in [7, 11) is 0. The van der Waals surface area contributed by atoms with Crippen LogP contribution in [0.5, 0.6) is 0 Å². The smallest absolute Gasteiger partial charge is 0.243 e. The Kier molecular flexibility index (Phi) is 26.3. The minimum atomic E-state index is -1.17. The molecule has 63 heavy (non-hydrogen) atoms. The number of guanidine groups is 1. The fourth-order valence-electron chi connectivity index (χ4n) is 7.31. The number of aliphatic imine (C=N–C) groups is 1. The second kappa shape index (κ2) is 30.8. The summed E-state index contributed by atoms with van der Waals surface area (Å²) in [6.45, 7) is 6.86. The van der Waals surface area contributed by atoms with Gasteiger partial charge in [0.2, 0.25) is 35.4 Å². The van der Waals surface area contributed by atoms with Crippen molar-refractivity contribution in [1.29, 1.82) is 0 Å². The number of H-pyrrole nitrogens is 1. The minimum absolute atomic E-state index is 0.0557. The molecule has 1 heterocycles. The van der Waals surface area contributed by atoms with Crippen LogP contribution in [-0.4, -0.2) is 96.2 Å². The first-order valence-electron chi connectivity index (χ1n) is 23.1. The normalized spacial score (nSPS) is 14.0. The Hall–Kier alpha value is -5.23. The van der Waals surface area contributed by atoms with Crippen molar-refractivity contribution < 1.29 is 28.8 Å². The number of aromatic amines is 1. The molecule has 0 bridgehead atoms. The van der Waals surface area contributed by atoms with Crippen LogP contribution < -0.4 is 55.3 Å². The largest absolute Gasteiger partial charge is 0.370 e. The highest BCUT2D eigenvalue weighted by Crippen LogP contribution is 2.20. The van der Waals surface area contributed by atoms with Gasteiger partial charge in [-0.1, -0.05) is 83.9 Å². The molecule has 1 aromatic carbocycles. The predicted octanol–water partition coefficient (Wildman–Crippen LogP) is 2.12. The molecule has 2 rings (SSSR count). The minimum Gasteiger partial charge on any atom is -0.370 e. The fraction of sp³-hybridized carbons (Fsp3) is 0.667. The van der Waals surface area contributed by atoms with Crippen molar-refractivity contribution in [2.75, 3.05) is 19.6 Å². The van der Waals surface area contributed by atoms with Crippen molar-refractivity contribution in [2.24, 2.45) is 39.6 Å². The highest BCUT2D eigenvalue weighted by Gasteiger charge is 2.34. The average molecular weight is 883 g/mol. The van der Waals surface area contributed by atoms with Gasteiger partial charge in [0.25, 0.3) is 0 Å². The summed E-state index contributed by atoms with van der Waals surface area (Å²) in [5, 5.41) is 15.0. The second-order valence-electron chi connectivity index (χ2n) is 16.5. The zero-order valence-electron chi connectivity index (χ0n) is 38.0. The van der Waals surface area contributed by atoms with Gasteiger partial charge in [0.15, 0.2) is 5.96 Å². The monoisotopic (exact) mass is 883 g/mol. The number of fused-ring (bicyclic) bond motifs is 1. The number of para-hydroxylation sites is 1. The molecule has 6 amide bonds. The van der Waals surface area contributed by atoms with Crippen molar-refractivity contribution in [3.63, 3.8) is 0 Å². The summed E-state index contributed by atoms with van der Waals surface area (Å²) in [6.07, 6.45) is 13.1. The molecule has 0 saturated heterocycles. The predicted molar refractivity (Wildman–Crippen MR) is 249 cm³/mol. The van der Waals surface area contributed by atoms with Crippen LogP contribution in [0.4, 0.5) is 0 Å². The first kappa shape index (κ1) is 53.9. The van der Waals surface area contributed by atoms with Crippen LogP contribution in [0.3, 0.4) is 0 Å². The number of carbonyl (C=O) groups excluding carboxylic acids is 6. The lowest BCUT2D eigenvalue weighted by atomic mass is 9.96. The van der Waals surface area contributed by atoms with E-state index in [1.807, 2.05) is 38.1 Å². The summed E-state index contributed by atoms with van der Waals surface area (Å²) < 4.78 is 0. The highest BCUT2D eigenvalue weighted by atomic mass is 16.2. The number of nitrogens with one attached hydrogen (secondary N) is 6. The van der Waals surface area contributed by atoms with E-state index in [9.17, 15) is 28.8 Å². The number of benzene rings is 1. The van der Waals surface area contributed by atoms with Crippen molar-refractivity contribution in [1.82, 2.24) is 31.6 Å². The third kappa shape index (κ3) is 20.7. The molecule has 6 atom stereocenters. The van der Waals surface area contributed by atoms with E-state index in [2.05, 4.69) is 43.5 Å². The number of unbranched alkanes of at least 4 members (excludes halogenated alkanes) is 8. The number of amides is 6. The van der Waals surface area contributed by atoms with Crippen LogP contribution in [-0.2, 0) is 35.2 Å². The molecule has 0 saturated carbocycles. The van der Waals surface area contributed by atoms with Crippen LogP contribution >= 0.6 is 0 Å². The number of rotatable bonds is 34. The van der Waals surface area contributed by atoms with E-state index in [4.69, 9.17) is 28.7 Å². The van der Waals surface area contributed by atoms with Gasteiger partial charge >= 0.3 is 0 Å². The lowest BCUT2D eigenvalue weighted by Gasteiger charge is -2.29. The molecule has 0 unspecified atom stereocenters. The molecule has 0 aliphatic carbocycles. The van der Waals surface area contributed by atoms with Gasteiger partial charge in [-0.2, -0.15) is 0 Å². The molecule has 18 heteroatoms. The fourth-order valence-corrected chi connectivity index (χ4v) is 7.31. The number of primary amides is 1. The van der Waals surface area contributed by atoms with E-state index >= 15 is 0 Å². The van der Waals surface area contributed by atoms with Crippen molar-refractivity contribution in [3.05, 3.63) is 36.0 Å². The third-order valence-corrected chi connectivity index (χ3v) is 11.3. The molecule has 0 aliphatic heterocycles. The molecule has 1 aromatic heterocycles. The maximum absolute atomic E-state index is 14.3. The van der Waals surface area contributed by atoms with Gasteiger partial charge in [0, 0.05) is 36.5 Å². The first-order chi connectivity index (χ1) is 30.3. The van der Waals surface area contributed by atoms with Crippen LogP contribution in [0.25, 0.3) is 10.9 Å². The molecule has 0 radical (unpaired) electrons. The van der Waals surface area contributed by atoms with Gasteiger partial charge < -0.3 is 60.2 Å². The highest BCUT2D eigenvalue weighted by molar-refractivity contribution is 5.97. The van der Waals surface area contributed by atoms with Crippen LogP contribution in [0.2, 0.25) is 0 Å². The number of hydrogen-bond acceptors (Lipinski definition) is 9. The Balaban J connectivity index is 2.35. The molecule has 0 aliphatic rings. The summed E-state index contributed by atoms with van der Waals surface area (Å²) in [5.41, 5.74) is 29.7.